The van der Waals surface area contributed by atoms with Gasteiger partial charge in [0.25, 0.3) is 0 Å². The lowest BCUT2D eigenvalue weighted by Gasteiger charge is -2.10. The van der Waals surface area contributed by atoms with Crippen molar-refractivity contribution in [3.63, 3.8) is 0 Å². The van der Waals surface area contributed by atoms with Gasteiger partial charge in [-0.25, -0.2) is 4.98 Å². The second kappa shape index (κ2) is 6.02. The van der Waals surface area contributed by atoms with Crippen molar-refractivity contribution in [1.82, 2.24) is 9.55 Å². The van der Waals surface area contributed by atoms with Gasteiger partial charge < -0.3 is 9.30 Å². The van der Waals surface area contributed by atoms with E-state index < -0.39 is 0 Å². The van der Waals surface area contributed by atoms with Gasteiger partial charge in [-0.1, -0.05) is 15.9 Å². The van der Waals surface area contributed by atoms with Crippen LogP contribution in [0.15, 0.2) is 35.1 Å². The highest BCUT2D eigenvalue weighted by Crippen LogP contribution is 2.24. The van der Waals surface area contributed by atoms with E-state index in [9.17, 15) is 4.79 Å². The molecule has 0 amide bonds. The largest absolute Gasteiger partial charge is 0.485 e. The third-order valence-corrected chi connectivity index (χ3v) is 3.31. The lowest BCUT2D eigenvalue weighted by Crippen LogP contribution is -2.07. The van der Waals surface area contributed by atoms with Crippen molar-refractivity contribution in [2.45, 2.75) is 27.0 Å². The van der Waals surface area contributed by atoms with Crippen LogP contribution in [0.2, 0.25) is 0 Å². The van der Waals surface area contributed by atoms with E-state index in [1.54, 1.807) is 18.3 Å². The summed E-state index contributed by atoms with van der Waals surface area (Å²) >= 11 is 3.35. The predicted octanol–water partition coefficient (Wildman–Crippen LogP) is 3.45. The van der Waals surface area contributed by atoms with E-state index in [0.717, 1.165) is 16.8 Å². The molecule has 1 heterocycles. The van der Waals surface area contributed by atoms with E-state index in [2.05, 4.69) is 20.9 Å². The Hall–Kier alpha value is -1.62. The van der Waals surface area contributed by atoms with Crippen LogP contribution in [-0.4, -0.2) is 15.3 Å². The highest BCUT2D eigenvalue weighted by molar-refractivity contribution is 9.10. The van der Waals surface area contributed by atoms with Crippen LogP contribution >= 0.6 is 15.9 Å². The molecule has 0 saturated carbocycles. The molecule has 0 aliphatic rings. The quantitative estimate of drug-likeness (QED) is 0.792. The number of ether oxygens (including phenoxy) is 1. The highest BCUT2D eigenvalue weighted by Gasteiger charge is 2.10. The minimum atomic E-state index is -0.0184. The third-order valence-electron chi connectivity index (χ3n) is 2.82. The zero-order valence-electron chi connectivity index (χ0n) is 10.9. The molecule has 0 aliphatic heterocycles. The number of benzene rings is 1. The summed E-state index contributed by atoms with van der Waals surface area (Å²) in [5.74, 6) is 1.41. The Balaban J connectivity index is 2.18. The van der Waals surface area contributed by atoms with Gasteiger partial charge in [0.05, 0.1) is 5.56 Å². The van der Waals surface area contributed by atoms with Gasteiger partial charge in [-0.15, -0.1) is 0 Å². The minimum Gasteiger partial charge on any atom is -0.485 e. The summed E-state index contributed by atoms with van der Waals surface area (Å²) in [6.07, 6.45) is 3.65. The SMILES string of the molecule is CCn1ccnc1COc1ccc(Br)cc1C(C)=O. The van der Waals surface area contributed by atoms with Crippen molar-refractivity contribution in [1.29, 1.82) is 0 Å². The number of aryl methyl sites for hydroxylation is 1. The van der Waals surface area contributed by atoms with Gasteiger partial charge in [0, 0.05) is 23.4 Å². The lowest BCUT2D eigenvalue weighted by molar-refractivity contribution is 0.101. The Labute approximate surface area is 120 Å². The second-order valence-electron chi connectivity index (χ2n) is 4.11. The molecule has 100 valence electrons. The number of Topliss-reactive ketones (excluding diaryl/α,β-unsaturated/α-hetero) is 1. The number of carbonyl (C=O) groups excluding carboxylic acids is 1. The molecule has 0 radical (unpaired) electrons. The topological polar surface area (TPSA) is 44.1 Å². The van der Waals surface area contributed by atoms with E-state index in [0.29, 0.717) is 17.9 Å². The molecule has 0 spiro atoms. The molecule has 1 aromatic heterocycles. The number of carbonyl (C=O) groups is 1. The minimum absolute atomic E-state index is 0.0184. The van der Waals surface area contributed by atoms with E-state index in [4.69, 9.17) is 4.74 Å². The second-order valence-corrected chi connectivity index (χ2v) is 5.03. The van der Waals surface area contributed by atoms with Crippen LogP contribution in [0, 0.1) is 0 Å². The van der Waals surface area contributed by atoms with E-state index in [1.807, 2.05) is 23.8 Å². The molecule has 2 aromatic rings. The van der Waals surface area contributed by atoms with Crippen molar-refractivity contribution >= 4 is 21.7 Å². The number of halogens is 1. The first-order valence-corrected chi connectivity index (χ1v) is 6.84. The van der Waals surface area contributed by atoms with Crippen LogP contribution in [0.5, 0.6) is 5.75 Å². The molecule has 0 atom stereocenters. The van der Waals surface area contributed by atoms with Gasteiger partial charge in [0.1, 0.15) is 18.2 Å². The fourth-order valence-corrected chi connectivity index (χ4v) is 2.17. The van der Waals surface area contributed by atoms with Gasteiger partial charge in [-0.05, 0) is 32.0 Å². The lowest BCUT2D eigenvalue weighted by atomic mass is 10.1. The number of hydrogen-bond donors (Lipinski definition) is 0. The first-order valence-electron chi connectivity index (χ1n) is 6.05. The standard InChI is InChI=1S/C14H15BrN2O2/c1-3-17-7-6-16-14(17)9-19-13-5-4-11(15)8-12(13)10(2)18/h4-8H,3,9H2,1-2H3. The summed E-state index contributed by atoms with van der Waals surface area (Å²) in [6, 6.07) is 5.41. The van der Waals surface area contributed by atoms with Crippen LogP contribution in [0.25, 0.3) is 0 Å². The molecule has 0 bridgehead atoms. The Morgan fingerprint density at radius 1 is 1.47 bits per heavy atom. The maximum absolute atomic E-state index is 11.6. The molecule has 2 rings (SSSR count). The molecular formula is C14H15BrN2O2. The van der Waals surface area contributed by atoms with Crippen molar-refractivity contribution in [2.75, 3.05) is 0 Å². The molecule has 0 N–H and O–H groups in total. The Kier molecular flexibility index (Phi) is 4.37. The molecule has 1 aromatic carbocycles. The molecule has 19 heavy (non-hydrogen) atoms. The number of ketones is 1. The number of hydrogen-bond acceptors (Lipinski definition) is 3. The van der Waals surface area contributed by atoms with Crippen LogP contribution in [0.4, 0.5) is 0 Å². The van der Waals surface area contributed by atoms with Gasteiger partial charge >= 0.3 is 0 Å². The summed E-state index contributed by atoms with van der Waals surface area (Å²) in [5, 5.41) is 0. The highest BCUT2D eigenvalue weighted by atomic mass is 79.9. The van der Waals surface area contributed by atoms with E-state index in [-0.39, 0.29) is 5.78 Å². The first kappa shape index (κ1) is 13.8. The van der Waals surface area contributed by atoms with Gasteiger partial charge in [0.2, 0.25) is 0 Å². The predicted molar refractivity (Wildman–Crippen MR) is 76.4 cm³/mol. The number of aromatic nitrogens is 2. The fourth-order valence-electron chi connectivity index (χ4n) is 1.81. The van der Waals surface area contributed by atoms with Crippen LogP contribution in [0.1, 0.15) is 30.0 Å². The first-order chi connectivity index (χ1) is 9.11. The van der Waals surface area contributed by atoms with E-state index >= 15 is 0 Å². The fraction of sp³-hybridized carbons (Fsp3) is 0.286. The maximum atomic E-state index is 11.6. The van der Waals surface area contributed by atoms with Crippen LogP contribution in [0.3, 0.4) is 0 Å². The Morgan fingerprint density at radius 2 is 2.26 bits per heavy atom. The molecule has 0 saturated heterocycles. The van der Waals surface area contributed by atoms with Gasteiger partial charge in [-0.2, -0.15) is 0 Å². The van der Waals surface area contributed by atoms with Crippen molar-refractivity contribution < 1.29 is 9.53 Å². The summed E-state index contributed by atoms with van der Waals surface area (Å²) in [6.45, 7) is 4.77. The zero-order valence-corrected chi connectivity index (χ0v) is 12.5. The van der Waals surface area contributed by atoms with Gasteiger partial charge in [0.15, 0.2) is 5.78 Å². The van der Waals surface area contributed by atoms with Crippen LogP contribution < -0.4 is 4.74 Å². The zero-order chi connectivity index (χ0) is 13.8. The van der Waals surface area contributed by atoms with Crippen molar-refractivity contribution in [3.8, 4) is 5.75 Å². The van der Waals surface area contributed by atoms with Crippen LogP contribution in [-0.2, 0) is 13.2 Å². The summed E-state index contributed by atoms with van der Waals surface area (Å²) in [4.78, 5) is 15.8. The van der Waals surface area contributed by atoms with Gasteiger partial charge in [-0.3, -0.25) is 4.79 Å². The molecule has 4 nitrogen and oxygen atoms in total. The monoisotopic (exact) mass is 322 g/mol. The molecular weight excluding hydrogens is 308 g/mol. The van der Waals surface area contributed by atoms with E-state index in [1.165, 1.54) is 6.92 Å². The average molecular weight is 323 g/mol. The normalized spacial score (nSPS) is 10.5. The number of rotatable bonds is 5. The average Bonchev–Trinajstić information content (AvgIpc) is 2.84. The summed E-state index contributed by atoms with van der Waals surface area (Å²) in [7, 11) is 0. The van der Waals surface area contributed by atoms with Crippen molar-refractivity contribution in [2.24, 2.45) is 0 Å². The summed E-state index contributed by atoms with van der Waals surface area (Å²) < 4.78 is 8.58. The number of imidazole rings is 1. The van der Waals surface area contributed by atoms with Crippen molar-refractivity contribution in [3.05, 3.63) is 46.5 Å². The molecule has 0 aliphatic carbocycles. The maximum Gasteiger partial charge on any atom is 0.163 e. The molecule has 5 heteroatoms. The number of nitrogens with zero attached hydrogens (tertiary/aromatic N) is 2. The molecule has 0 unspecified atom stereocenters. The Morgan fingerprint density at radius 3 is 2.95 bits per heavy atom. The third kappa shape index (κ3) is 3.23. The summed E-state index contributed by atoms with van der Waals surface area (Å²) in [5.41, 5.74) is 0.573. The Bertz CT molecular complexity index is 593. The smallest absolute Gasteiger partial charge is 0.163 e. The molecule has 0 fully saturated rings.